The predicted molar refractivity (Wildman–Crippen MR) is 69.6 cm³/mol. The Kier molecular flexibility index (Phi) is 3.66. The van der Waals surface area contributed by atoms with Gasteiger partial charge in [-0.05, 0) is 19.1 Å². The first-order valence-corrected chi connectivity index (χ1v) is 5.69. The van der Waals surface area contributed by atoms with Gasteiger partial charge in [0.15, 0.2) is 5.69 Å². The predicted octanol–water partition coefficient (Wildman–Crippen LogP) is 4.43. The summed E-state index contributed by atoms with van der Waals surface area (Å²) in [5.74, 6) is 0.759. The minimum absolute atomic E-state index is 0.328. The molecule has 0 fully saturated rings. The van der Waals surface area contributed by atoms with E-state index >= 15 is 0 Å². The molecule has 2 rings (SSSR count). The Morgan fingerprint density at radius 1 is 1.28 bits per heavy atom. The van der Waals surface area contributed by atoms with Crippen LogP contribution >= 0.6 is 23.2 Å². The van der Waals surface area contributed by atoms with Crippen LogP contribution in [0, 0.1) is 13.5 Å². The number of rotatable bonds is 2. The van der Waals surface area contributed by atoms with E-state index in [2.05, 4.69) is 14.8 Å². The standard InChI is InChI=1S/C12H7Cl2N3O/c1-7-11(14)16-6-17-12(7)18-10-4-3-8(15-2)5-9(10)13/h3-6H,1H3. The first-order chi connectivity index (χ1) is 8.61. The van der Waals surface area contributed by atoms with Crippen LogP contribution < -0.4 is 4.74 Å². The second kappa shape index (κ2) is 5.21. The van der Waals surface area contributed by atoms with Gasteiger partial charge in [-0.3, -0.25) is 0 Å². The zero-order chi connectivity index (χ0) is 13.1. The van der Waals surface area contributed by atoms with Crippen LogP contribution in [0.3, 0.4) is 0 Å². The number of benzene rings is 1. The summed E-state index contributed by atoms with van der Waals surface area (Å²) in [6, 6.07) is 4.76. The second-order valence-electron chi connectivity index (χ2n) is 3.42. The molecule has 0 spiro atoms. The van der Waals surface area contributed by atoms with Gasteiger partial charge < -0.3 is 4.74 Å². The lowest BCUT2D eigenvalue weighted by Gasteiger charge is -2.09. The van der Waals surface area contributed by atoms with Crippen molar-refractivity contribution in [2.75, 3.05) is 0 Å². The van der Waals surface area contributed by atoms with E-state index in [1.165, 1.54) is 12.4 Å². The fraction of sp³-hybridized carbons (Fsp3) is 0.0833. The van der Waals surface area contributed by atoms with Crippen LogP contribution in [0.4, 0.5) is 5.69 Å². The molecule has 4 nitrogen and oxygen atoms in total. The van der Waals surface area contributed by atoms with Crippen molar-refractivity contribution in [1.82, 2.24) is 9.97 Å². The van der Waals surface area contributed by atoms with Crippen LogP contribution in [0.25, 0.3) is 4.85 Å². The summed E-state index contributed by atoms with van der Waals surface area (Å²) >= 11 is 11.9. The van der Waals surface area contributed by atoms with E-state index in [1.54, 1.807) is 19.1 Å². The normalized spacial score (nSPS) is 9.89. The molecule has 6 heteroatoms. The molecule has 0 radical (unpaired) electrons. The third-order valence-corrected chi connectivity index (χ3v) is 2.90. The van der Waals surface area contributed by atoms with Gasteiger partial charge >= 0.3 is 0 Å². The summed E-state index contributed by atoms with van der Waals surface area (Å²) in [7, 11) is 0. The van der Waals surface area contributed by atoms with E-state index in [9.17, 15) is 0 Å². The van der Waals surface area contributed by atoms with Crippen molar-refractivity contribution in [3.63, 3.8) is 0 Å². The van der Waals surface area contributed by atoms with Gasteiger partial charge in [0.05, 0.1) is 11.6 Å². The van der Waals surface area contributed by atoms with Gasteiger partial charge in [-0.1, -0.05) is 29.3 Å². The summed E-state index contributed by atoms with van der Waals surface area (Å²) in [5.41, 5.74) is 1.08. The van der Waals surface area contributed by atoms with Crippen molar-refractivity contribution in [2.24, 2.45) is 0 Å². The molecular formula is C12H7Cl2N3O. The molecule has 90 valence electrons. The minimum atomic E-state index is 0.328. The van der Waals surface area contributed by atoms with E-state index in [0.717, 1.165) is 0 Å². The van der Waals surface area contributed by atoms with E-state index in [-0.39, 0.29) is 0 Å². The van der Waals surface area contributed by atoms with E-state index in [4.69, 9.17) is 34.5 Å². The Balaban J connectivity index is 2.35. The van der Waals surface area contributed by atoms with Crippen molar-refractivity contribution in [3.8, 4) is 11.6 Å². The minimum Gasteiger partial charge on any atom is -0.437 e. The van der Waals surface area contributed by atoms with Gasteiger partial charge in [0.2, 0.25) is 5.88 Å². The molecule has 1 aromatic carbocycles. The zero-order valence-corrected chi connectivity index (χ0v) is 10.8. The highest BCUT2D eigenvalue weighted by atomic mass is 35.5. The monoisotopic (exact) mass is 279 g/mol. The fourth-order valence-electron chi connectivity index (χ4n) is 1.26. The Bertz CT molecular complexity index is 638. The molecule has 18 heavy (non-hydrogen) atoms. The number of ether oxygens (including phenoxy) is 1. The van der Waals surface area contributed by atoms with E-state index in [1.807, 2.05) is 0 Å². The Hall–Kier alpha value is -1.83. The maximum absolute atomic E-state index is 6.88. The first kappa shape index (κ1) is 12.6. The lowest BCUT2D eigenvalue weighted by Crippen LogP contribution is -1.94. The highest BCUT2D eigenvalue weighted by Crippen LogP contribution is 2.33. The second-order valence-corrected chi connectivity index (χ2v) is 4.19. The highest BCUT2D eigenvalue weighted by molar-refractivity contribution is 6.32. The molecule has 0 bridgehead atoms. The molecular weight excluding hydrogens is 273 g/mol. The van der Waals surface area contributed by atoms with Crippen LogP contribution in [0.15, 0.2) is 24.5 Å². The third-order valence-electron chi connectivity index (χ3n) is 2.23. The summed E-state index contributed by atoms with van der Waals surface area (Å²) in [4.78, 5) is 11.1. The Labute approximate surface area is 114 Å². The zero-order valence-electron chi connectivity index (χ0n) is 9.32. The molecule has 0 saturated carbocycles. The van der Waals surface area contributed by atoms with Crippen LogP contribution in [0.2, 0.25) is 10.2 Å². The molecule has 1 heterocycles. The Morgan fingerprint density at radius 3 is 2.72 bits per heavy atom. The molecule has 1 aromatic heterocycles. The maximum Gasteiger partial charge on any atom is 0.226 e. The van der Waals surface area contributed by atoms with Crippen molar-refractivity contribution in [1.29, 1.82) is 0 Å². The molecule has 0 atom stereocenters. The fourth-order valence-corrected chi connectivity index (χ4v) is 1.60. The largest absolute Gasteiger partial charge is 0.437 e. The van der Waals surface area contributed by atoms with Crippen LogP contribution in [0.5, 0.6) is 11.6 Å². The SMILES string of the molecule is [C-]#[N+]c1ccc(Oc2ncnc(Cl)c2C)c(Cl)c1. The first-order valence-electron chi connectivity index (χ1n) is 4.94. The summed E-state index contributed by atoms with van der Waals surface area (Å²) < 4.78 is 5.55. The van der Waals surface area contributed by atoms with Gasteiger partial charge in [-0.25, -0.2) is 14.8 Å². The number of nitrogens with zero attached hydrogens (tertiary/aromatic N) is 3. The van der Waals surface area contributed by atoms with Crippen molar-refractivity contribution >= 4 is 28.9 Å². The van der Waals surface area contributed by atoms with Gasteiger partial charge in [0.25, 0.3) is 0 Å². The van der Waals surface area contributed by atoms with Crippen LogP contribution in [0.1, 0.15) is 5.56 Å². The summed E-state index contributed by atoms with van der Waals surface area (Å²) in [6.07, 6.45) is 1.31. The number of halogens is 2. The lowest BCUT2D eigenvalue weighted by molar-refractivity contribution is 0.457. The molecule has 2 aromatic rings. The Morgan fingerprint density at radius 2 is 2.06 bits per heavy atom. The van der Waals surface area contributed by atoms with Crippen molar-refractivity contribution in [2.45, 2.75) is 6.92 Å². The van der Waals surface area contributed by atoms with E-state index in [0.29, 0.717) is 33.1 Å². The molecule has 0 saturated heterocycles. The summed E-state index contributed by atoms with van der Waals surface area (Å²) in [5, 5.41) is 0.673. The summed E-state index contributed by atoms with van der Waals surface area (Å²) in [6.45, 7) is 8.63. The molecule has 0 aliphatic carbocycles. The quantitative estimate of drug-likeness (QED) is 0.603. The van der Waals surface area contributed by atoms with Gasteiger partial charge in [-0.15, -0.1) is 0 Å². The smallest absolute Gasteiger partial charge is 0.226 e. The topological polar surface area (TPSA) is 39.4 Å². The number of hydrogen-bond acceptors (Lipinski definition) is 3. The molecule has 0 unspecified atom stereocenters. The molecule has 0 N–H and O–H groups in total. The molecule has 0 amide bonds. The average Bonchev–Trinajstić information content (AvgIpc) is 2.37. The average molecular weight is 280 g/mol. The van der Waals surface area contributed by atoms with Crippen LogP contribution in [-0.2, 0) is 0 Å². The number of aromatic nitrogens is 2. The molecule has 0 aliphatic heterocycles. The third kappa shape index (κ3) is 2.53. The maximum atomic E-state index is 6.88. The van der Waals surface area contributed by atoms with Gasteiger partial charge in [-0.2, -0.15) is 0 Å². The van der Waals surface area contributed by atoms with Crippen LogP contribution in [-0.4, -0.2) is 9.97 Å². The van der Waals surface area contributed by atoms with Crippen molar-refractivity contribution in [3.05, 3.63) is 51.7 Å². The highest BCUT2D eigenvalue weighted by Gasteiger charge is 2.10. The van der Waals surface area contributed by atoms with Gasteiger partial charge in [0, 0.05) is 5.56 Å². The van der Waals surface area contributed by atoms with Crippen molar-refractivity contribution < 1.29 is 4.74 Å². The van der Waals surface area contributed by atoms with E-state index < -0.39 is 0 Å². The lowest BCUT2D eigenvalue weighted by atomic mass is 10.3. The number of hydrogen-bond donors (Lipinski definition) is 0. The molecule has 0 aliphatic rings. The van der Waals surface area contributed by atoms with Gasteiger partial charge in [0.1, 0.15) is 17.2 Å².